The van der Waals surface area contributed by atoms with Gasteiger partial charge in [-0.2, -0.15) is 0 Å². The second-order valence-electron chi connectivity index (χ2n) is 3.84. The minimum atomic E-state index is -0.351. The van der Waals surface area contributed by atoms with Crippen molar-refractivity contribution in [1.29, 1.82) is 0 Å². The van der Waals surface area contributed by atoms with Gasteiger partial charge in [0.1, 0.15) is 5.82 Å². The number of hydrogen-bond donors (Lipinski definition) is 1. The predicted octanol–water partition coefficient (Wildman–Crippen LogP) is 1.41. The zero-order chi connectivity index (χ0) is 13.0. The summed E-state index contributed by atoms with van der Waals surface area (Å²) < 4.78 is 15.3. The molecule has 5 nitrogen and oxygen atoms in total. The first kappa shape index (κ1) is 12.9. The third kappa shape index (κ3) is 2.83. The van der Waals surface area contributed by atoms with E-state index >= 15 is 0 Å². The van der Waals surface area contributed by atoms with Crippen molar-refractivity contribution in [2.45, 2.75) is 19.4 Å². The number of benzene rings is 1. The molecule has 0 saturated carbocycles. The second kappa shape index (κ2) is 5.88. The summed E-state index contributed by atoms with van der Waals surface area (Å²) in [6.45, 7) is 1.17. The van der Waals surface area contributed by atoms with E-state index in [1.54, 1.807) is 16.8 Å². The zero-order valence-corrected chi connectivity index (χ0v) is 10.4. The van der Waals surface area contributed by atoms with Gasteiger partial charge in [-0.25, -0.2) is 9.07 Å². The molecular formula is C11H13ClFN5. The van der Waals surface area contributed by atoms with E-state index < -0.39 is 0 Å². The minimum absolute atomic E-state index is 0.267. The summed E-state index contributed by atoms with van der Waals surface area (Å²) in [6, 6.07) is 4.59. The highest BCUT2D eigenvalue weighted by Gasteiger charge is 2.12. The molecule has 1 heterocycles. The number of tetrazole rings is 1. The highest BCUT2D eigenvalue weighted by atomic mass is 35.5. The van der Waals surface area contributed by atoms with Crippen LogP contribution in [0.4, 0.5) is 4.39 Å². The first-order chi connectivity index (χ1) is 8.72. The van der Waals surface area contributed by atoms with Gasteiger partial charge in [-0.15, -0.1) is 5.10 Å². The molecule has 0 spiro atoms. The van der Waals surface area contributed by atoms with Gasteiger partial charge in [-0.05, 0) is 35.5 Å². The average molecular weight is 270 g/mol. The summed E-state index contributed by atoms with van der Waals surface area (Å²) in [5.41, 5.74) is 5.84. The first-order valence-corrected chi connectivity index (χ1v) is 5.98. The summed E-state index contributed by atoms with van der Waals surface area (Å²) in [7, 11) is 0. The molecular weight excluding hydrogens is 257 g/mol. The van der Waals surface area contributed by atoms with Gasteiger partial charge in [0.2, 0.25) is 0 Å². The van der Waals surface area contributed by atoms with Crippen molar-refractivity contribution in [3.8, 4) is 0 Å². The molecule has 0 aliphatic rings. The van der Waals surface area contributed by atoms with Crippen molar-refractivity contribution in [3.05, 3.63) is 40.4 Å². The summed E-state index contributed by atoms with van der Waals surface area (Å²) in [6.07, 6.45) is 1.03. The van der Waals surface area contributed by atoms with E-state index in [0.717, 1.165) is 6.42 Å². The van der Waals surface area contributed by atoms with Gasteiger partial charge in [-0.3, -0.25) is 0 Å². The van der Waals surface area contributed by atoms with E-state index in [1.165, 1.54) is 6.07 Å². The largest absolute Gasteiger partial charge is 0.330 e. The summed E-state index contributed by atoms with van der Waals surface area (Å²) >= 11 is 5.97. The van der Waals surface area contributed by atoms with Crippen LogP contribution in [-0.2, 0) is 13.0 Å². The fourth-order valence-corrected chi connectivity index (χ4v) is 1.85. The van der Waals surface area contributed by atoms with Crippen LogP contribution < -0.4 is 5.73 Å². The third-order valence-corrected chi connectivity index (χ3v) is 2.93. The Morgan fingerprint density at radius 3 is 2.94 bits per heavy atom. The Kier molecular flexibility index (Phi) is 4.22. The molecule has 0 amide bonds. The first-order valence-electron chi connectivity index (χ1n) is 5.60. The van der Waals surface area contributed by atoms with Crippen LogP contribution in [0.2, 0.25) is 5.02 Å². The molecule has 18 heavy (non-hydrogen) atoms. The topological polar surface area (TPSA) is 69.6 Å². The third-order valence-electron chi connectivity index (χ3n) is 2.58. The van der Waals surface area contributed by atoms with Crippen LogP contribution in [-0.4, -0.2) is 26.8 Å². The maximum Gasteiger partial charge on any atom is 0.155 e. The molecule has 0 fully saturated rings. The molecule has 0 saturated heterocycles. The Labute approximate surface area is 109 Å². The molecule has 0 bridgehead atoms. The fourth-order valence-electron chi connectivity index (χ4n) is 1.62. The molecule has 0 aliphatic heterocycles. The normalized spacial score (nSPS) is 10.8. The molecule has 96 valence electrons. The van der Waals surface area contributed by atoms with E-state index in [2.05, 4.69) is 15.5 Å². The SMILES string of the molecule is NCCCn1nnnc1Cc1c(F)cccc1Cl. The van der Waals surface area contributed by atoms with Gasteiger partial charge in [0, 0.05) is 23.6 Å². The Hall–Kier alpha value is -1.53. The Morgan fingerprint density at radius 2 is 2.22 bits per heavy atom. The number of aromatic nitrogens is 4. The van der Waals surface area contributed by atoms with Gasteiger partial charge in [0.25, 0.3) is 0 Å². The Morgan fingerprint density at radius 1 is 1.39 bits per heavy atom. The number of nitrogens with zero attached hydrogens (tertiary/aromatic N) is 4. The lowest BCUT2D eigenvalue weighted by molar-refractivity contribution is 0.543. The highest BCUT2D eigenvalue weighted by Crippen LogP contribution is 2.21. The zero-order valence-electron chi connectivity index (χ0n) is 9.68. The van der Waals surface area contributed by atoms with Crippen molar-refractivity contribution >= 4 is 11.6 Å². The summed E-state index contributed by atoms with van der Waals surface area (Å²) in [5.74, 6) is 0.228. The van der Waals surface area contributed by atoms with Gasteiger partial charge in [0.05, 0.1) is 0 Å². The molecule has 1 aromatic heterocycles. The lowest BCUT2D eigenvalue weighted by Crippen LogP contribution is -2.11. The number of hydrogen-bond acceptors (Lipinski definition) is 4. The molecule has 2 aromatic rings. The standard InChI is InChI=1S/C11H13ClFN5/c12-9-3-1-4-10(13)8(9)7-11-15-16-17-18(11)6-2-5-14/h1,3-4H,2,5-7,14H2. The quantitative estimate of drug-likeness (QED) is 0.891. The van der Waals surface area contributed by atoms with Crippen molar-refractivity contribution < 1.29 is 4.39 Å². The molecule has 7 heteroatoms. The van der Waals surface area contributed by atoms with Crippen molar-refractivity contribution in [2.75, 3.05) is 6.54 Å². The van der Waals surface area contributed by atoms with E-state index in [0.29, 0.717) is 29.5 Å². The van der Waals surface area contributed by atoms with Crippen LogP contribution in [0.15, 0.2) is 18.2 Å². The van der Waals surface area contributed by atoms with Crippen molar-refractivity contribution in [2.24, 2.45) is 5.73 Å². The molecule has 0 atom stereocenters. The smallest absolute Gasteiger partial charge is 0.155 e. The molecule has 0 radical (unpaired) electrons. The van der Waals surface area contributed by atoms with Crippen molar-refractivity contribution in [1.82, 2.24) is 20.2 Å². The van der Waals surface area contributed by atoms with Gasteiger partial charge in [-0.1, -0.05) is 17.7 Å². The highest BCUT2D eigenvalue weighted by molar-refractivity contribution is 6.31. The van der Waals surface area contributed by atoms with Crippen LogP contribution in [0.5, 0.6) is 0 Å². The number of nitrogens with two attached hydrogens (primary N) is 1. The average Bonchev–Trinajstić information content (AvgIpc) is 2.79. The maximum atomic E-state index is 13.6. The van der Waals surface area contributed by atoms with Crippen molar-refractivity contribution in [3.63, 3.8) is 0 Å². The minimum Gasteiger partial charge on any atom is -0.330 e. The number of rotatable bonds is 5. The molecule has 2 N–H and O–H groups in total. The summed E-state index contributed by atoms with van der Waals surface area (Å²) in [4.78, 5) is 0. The Balaban J connectivity index is 2.21. The van der Waals surface area contributed by atoms with Crippen LogP contribution in [0, 0.1) is 5.82 Å². The molecule has 2 rings (SSSR count). The van der Waals surface area contributed by atoms with E-state index in [4.69, 9.17) is 17.3 Å². The number of halogens is 2. The van der Waals surface area contributed by atoms with E-state index in [9.17, 15) is 4.39 Å². The Bertz CT molecular complexity index is 508. The van der Waals surface area contributed by atoms with Gasteiger partial charge < -0.3 is 5.73 Å². The molecule has 1 aromatic carbocycles. The van der Waals surface area contributed by atoms with E-state index in [-0.39, 0.29) is 12.2 Å². The van der Waals surface area contributed by atoms with Crippen LogP contribution in [0.3, 0.4) is 0 Å². The molecule has 0 aliphatic carbocycles. The lowest BCUT2D eigenvalue weighted by atomic mass is 10.1. The summed E-state index contributed by atoms with van der Waals surface area (Å²) in [5, 5.41) is 11.7. The number of aryl methyl sites for hydroxylation is 1. The predicted molar refractivity (Wildman–Crippen MR) is 65.7 cm³/mol. The maximum absolute atomic E-state index is 13.6. The van der Waals surface area contributed by atoms with Gasteiger partial charge in [0.15, 0.2) is 5.82 Å². The fraction of sp³-hybridized carbons (Fsp3) is 0.364. The van der Waals surface area contributed by atoms with Crippen LogP contribution >= 0.6 is 11.6 Å². The monoisotopic (exact) mass is 269 g/mol. The van der Waals surface area contributed by atoms with Gasteiger partial charge >= 0.3 is 0 Å². The lowest BCUT2D eigenvalue weighted by Gasteiger charge is -2.06. The van der Waals surface area contributed by atoms with E-state index in [1.807, 2.05) is 0 Å². The molecule has 0 unspecified atom stereocenters. The second-order valence-corrected chi connectivity index (χ2v) is 4.24. The van der Waals surface area contributed by atoms with Crippen LogP contribution in [0.25, 0.3) is 0 Å². The van der Waals surface area contributed by atoms with Crippen LogP contribution in [0.1, 0.15) is 17.8 Å².